The number of urea groups is 1. The molecule has 6 nitrogen and oxygen atoms in total. The molecule has 0 spiro atoms. The fourth-order valence-corrected chi connectivity index (χ4v) is 3.76. The number of benzene rings is 1. The van der Waals surface area contributed by atoms with Gasteiger partial charge in [0, 0.05) is 34.6 Å². The third-order valence-corrected chi connectivity index (χ3v) is 5.12. The summed E-state index contributed by atoms with van der Waals surface area (Å²) in [6.45, 7) is 2.12. The van der Waals surface area contributed by atoms with Gasteiger partial charge >= 0.3 is 6.03 Å². The number of aryl methyl sites for hydroxylation is 1. The molecular weight excluding hydrogens is 324 g/mol. The van der Waals surface area contributed by atoms with E-state index in [1.165, 1.54) is 16.2 Å². The van der Waals surface area contributed by atoms with Crippen molar-refractivity contribution in [2.75, 3.05) is 0 Å². The minimum Gasteiger partial charge on any atom is -0.361 e. The maximum Gasteiger partial charge on any atom is 0.325 e. The summed E-state index contributed by atoms with van der Waals surface area (Å²) in [5, 5.41) is 6.54. The number of thiazole rings is 1. The second kappa shape index (κ2) is 5.76. The van der Waals surface area contributed by atoms with E-state index in [1.807, 2.05) is 42.8 Å². The standard InChI is InChI=1S/C17H16N4O2S/c1-10-9-24-15(19-10)8-21-16(22)14(20-17(21)23)6-11-7-18-13-5-3-2-4-12(11)13/h2-5,7,9,14,18H,6,8H2,1H3,(H,20,23). The van der Waals surface area contributed by atoms with Crippen LogP contribution in [0, 0.1) is 6.92 Å². The molecule has 0 saturated carbocycles. The Morgan fingerprint density at radius 2 is 2.12 bits per heavy atom. The number of hydrogen-bond donors (Lipinski definition) is 2. The van der Waals surface area contributed by atoms with Crippen LogP contribution in [0.2, 0.25) is 0 Å². The van der Waals surface area contributed by atoms with Gasteiger partial charge in [0.25, 0.3) is 5.91 Å². The van der Waals surface area contributed by atoms with Crippen LogP contribution in [-0.2, 0) is 17.8 Å². The Hall–Kier alpha value is -2.67. The smallest absolute Gasteiger partial charge is 0.325 e. The number of carbonyl (C=O) groups excluding carboxylic acids is 2. The van der Waals surface area contributed by atoms with Gasteiger partial charge in [0.05, 0.1) is 6.54 Å². The molecule has 122 valence electrons. The fourth-order valence-electron chi connectivity index (χ4n) is 3.00. The third kappa shape index (κ3) is 2.56. The summed E-state index contributed by atoms with van der Waals surface area (Å²) in [4.78, 5) is 33.5. The van der Waals surface area contributed by atoms with Gasteiger partial charge in [0.2, 0.25) is 0 Å². The number of carbonyl (C=O) groups is 2. The molecule has 1 aliphatic heterocycles. The van der Waals surface area contributed by atoms with Gasteiger partial charge in [-0.2, -0.15) is 0 Å². The van der Waals surface area contributed by atoms with Crippen molar-refractivity contribution in [2.24, 2.45) is 0 Å². The molecule has 1 atom stereocenters. The van der Waals surface area contributed by atoms with Crippen molar-refractivity contribution >= 4 is 34.2 Å². The molecule has 7 heteroatoms. The minimum absolute atomic E-state index is 0.196. The zero-order chi connectivity index (χ0) is 16.7. The quantitative estimate of drug-likeness (QED) is 0.717. The molecule has 0 radical (unpaired) electrons. The van der Waals surface area contributed by atoms with Crippen molar-refractivity contribution in [3.63, 3.8) is 0 Å². The highest BCUT2D eigenvalue weighted by Gasteiger charge is 2.38. The maximum atomic E-state index is 12.6. The van der Waals surface area contributed by atoms with Crippen LogP contribution in [0.4, 0.5) is 4.79 Å². The molecule has 0 aliphatic carbocycles. The number of para-hydroxylation sites is 1. The van der Waals surface area contributed by atoms with E-state index in [0.717, 1.165) is 27.2 Å². The van der Waals surface area contributed by atoms with E-state index in [0.29, 0.717) is 6.42 Å². The number of H-pyrrole nitrogens is 1. The fraction of sp³-hybridized carbons (Fsp3) is 0.235. The Kier molecular flexibility index (Phi) is 3.57. The summed E-state index contributed by atoms with van der Waals surface area (Å²) < 4.78 is 0. The highest BCUT2D eigenvalue weighted by Crippen LogP contribution is 2.22. The van der Waals surface area contributed by atoms with E-state index in [2.05, 4.69) is 15.3 Å². The summed E-state index contributed by atoms with van der Waals surface area (Å²) in [6.07, 6.45) is 2.37. The molecule has 1 saturated heterocycles. The van der Waals surface area contributed by atoms with Crippen LogP contribution in [-0.4, -0.2) is 32.8 Å². The predicted octanol–water partition coefficient (Wildman–Crippen LogP) is 2.60. The van der Waals surface area contributed by atoms with Gasteiger partial charge in [-0.05, 0) is 18.6 Å². The second-order valence-electron chi connectivity index (χ2n) is 5.87. The lowest BCUT2D eigenvalue weighted by Crippen LogP contribution is -2.32. The summed E-state index contributed by atoms with van der Waals surface area (Å²) in [6, 6.07) is 7.05. The minimum atomic E-state index is -0.530. The highest BCUT2D eigenvalue weighted by atomic mass is 32.1. The Morgan fingerprint density at radius 1 is 1.29 bits per heavy atom. The molecule has 3 aromatic rings. The number of aromatic amines is 1. The molecule has 3 amide bonds. The van der Waals surface area contributed by atoms with Crippen LogP contribution >= 0.6 is 11.3 Å². The first-order valence-electron chi connectivity index (χ1n) is 7.69. The Morgan fingerprint density at radius 3 is 2.92 bits per heavy atom. The largest absolute Gasteiger partial charge is 0.361 e. The topological polar surface area (TPSA) is 78.1 Å². The van der Waals surface area contributed by atoms with Crippen molar-refractivity contribution in [3.8, 4) is 0 Å². The number of fused-ring (bicyclic) bond motifs is 1. The molecule has 4 rings (SSSR count). The van der Waals surface area contributed by atoms with Crippen molar-refractivity contribution in [1.29, 1.82) is 0 Å². The van der Waals surface area contributed by atoms with Crippen LogP contribution in [0.3, 0.4) is 0 Å². The lowest BCUT2D eigenvalue weighted by atomic mass is 10.1. The molecule has 1 aromatic carbocycles. The number of hydrogen-bond acceptors (Lipinski definition) is 4. The van der Waals surface area contributed by atoms with Gasteiger partial charge in [-0.3, -0.25) is 9.69 Å². The summed E-state index contributed by atoms with van der Waals surface area (Å²) in [7, 11) is 0. The van der Waals surface area contributed by atoms with Crippen molar-refractivity contribution in [2.45, 2.75) is 25.9 Å². The molecule has 24 heavy (non-hydrogen) atoms. The average Bonchev–Trinajstić information content (AvgIpc) is 3.24. The molecule has 1 unspecified atom stereocenters. The number of amides is 3. The van der Waals surface area contributed by atoms with Crippen molar-refractivity contribution in [1.82, 2.24) is 20.2 Å². The van der Waals surface area contributed by atoms with Crippen LogP contribution in [0.25, 0.3) is 10.9 Å². The monoisotopic (exact) mass is 340 g/mol. The Labute approximate surface area is 142 Å². The normalized spacial score (nSPS) is 17.7. The zero-order valence-electron chi connectivity index (χ0n) is 13.1. The van der Waals surface area contributed by atoms with Gasteiger partial charge in [-0.15, -0.1) is 11.3 Å². The van der Waals surface area contributed by atoms with Crippen LogP contribution in [0.1, 0.15) is 16.3 Å². The molecule has 0 bridgehead atoms. The molecule has 1 aliphatic rings. The summed E-state index contributed by atoms with van der Waals surface area (Å²) >= 11 is 1.46. The van der Waals surface area contributed by atoms with Crippen LogP contribution in [0.15, 0.2) is 35.8 Å². The van der Waals surface area contributed by atoms with E-state index >= 15 is 0 Å². The molecule has 3 heterocycles. The summed E-state index contributed by atoms with van der Waals surface area (Å²) in [5.74, 6) is -0.196. The van der Waals surface area contributed by atoms with Crippen LogP contribution in [0.5, 0.6) is 0 Å². The van der Waals surface area contributed by atoms with Gasteiger partial charge < -0.3 is 10.3 Å². The Bertz CT molecular complexity index is 929. The molecule has 2 aromatic heterocycles. The van der Waals surface area contributed by atoms with Gasteiger partial charge in [-0.25, -0.2) is 9.78 Å². The number of aromatic nitrogens is 2. The van der Waals surface area contributed by atoms with E-state index in [4.69, 9.17) is 0 Å². The SMILES string of the molecule is Cc1csc(CN2C(=O)NC(Cc3c[nH]c4ccccc34)C2=O)n1. The van der Waals surface area contributed by atoms with E-state index in [9.17, 15) is 9.59 Å². The molecular formula is C17H16N4O2S. The lowest BCUT2D eigenvalue weighted by molar-refractivity contribution is -0.127. The number of imide groups is 1. The summed E-state index contributed by atoms with van der Waals surface area (Å²) in [5.41, 5.74) is 2.95. The first-order valence-corrected chi connectivity index (χ1v) is 8.57. The molecule has 1 fully saturated rings. The predicted molar refractivity (Wildman–Crippen MR) is 91.7 cm³/mol. The third-order valence-electron chi connectivity index (χ3n) is 4.17. The lowest BCUT2D eigenvalue weighted by Gasteiger charge is -2.11. The number of nitrogens with zero attached hydrogens (tertiary/aromatic N) is 2. The highest BCUT2D eigenvalue weighted by molar-refractivity contribution is 7.09. The Balaban J connectivity index is 1.53. The zero-order valence-corrected chi connectivity index (χ0v) is 13.9. The first-order chi connectivity index (χ1) is 11.6. The first kappa shape index (κ1) is 14.9. The number of nitrogens with one attached hydrogen (secondary N) is 2. The second-order valence-corrected chi connectivity index (χ2v) is 6.82. The average molecular weight is 340 g/mol. The van der Waals surface area contributed by atoms with Crippen molar-refractivity contribution in [3.05, 3.63) is 52.1 Å². The van der Waals surface area contributed by atoms with Gasteiger partial charge in [-0.1, -0.05) is 18.2 Å². The van der Waals surface area contributed by atoms with E-state index < -0.39 is 6.04 Å². The van der Waals surface area contributed by atoms with Crippen LogP contribution < -0.4 is 5.32 Å². The van der Waals surface area contributed by atoms with Gasteiger partial charge in [0.1, 0.15) is 11.0 Å². The maximum absolute atomic E-state index is 12.6. The van der Waals surface area contributed by atoms with Crippen molar-refractivity contribution < 1.29 is 9.59 Å². The number of rotatable bonds is 4. The molecule has 2 N–H and O–H groups in total. The van der Waals surface area contributed by atoms with E-state index in [1.54, 1.807) is 0 Å². The van der Waals surface area contributed by atoms with E-state index in [-0.39, 0.29) is 18.5 Å². The van der Waals surface area contributed by atoms with Gasteiger partial charge in [0.15, 0.2) is 0 Å².